The molecule has 0 aromatic heterocycles. The highest BCUT2D eigenvalue weighted by Gasteiger charge is 2.43. The van der Waals surface area contributed by atoms with Crippen LogP contribution in [0.25, 0.3) is 33.4 Å². The van der Waals surface area contributed by atoms with Crippen molar-refractivity contribution in [2.24, 2.45) is 0 Å². The minimum Gasteiger partial charge on any atom is -0.451 e. The van der Waals surface area contributed by atoms with E-state index < -0.39 is 0 Å². The van der Waals surface area contributed by atoms with Gasteiger partial charge in [0.05, 0.1) is 22.7 Å². The van der Waals surface area contributed by atoms with Crippen molar-refractivity contribution in [3.63, 3.8) is 0 Å². The van der Waals surface area contributed by atoms with Gasteiger partial charge in [-0.1, -0.05) is 153 Å². The van der Waals surface area contributed by atoms with Crippen LogP contribution in [-0.2, 0) is 5.41 Å². The van der Waals surface area contributed by atoms with Gasteiger partial charge >= 0.3 is 0 Å². The van der Waals surface area contributed by atoms with E-state index in [0.29, 0.717) is 0 Å². The third kappa shape index (κ3) is 5.42. The molecule has 0 amide bonds. The summed E-state index contributed by atoms with van der Waals surface area (Å²) in [6.45, 7) is 6.89. The first-order chi connectivity index (χ1) is 27.0. The van der Waals surface area contributed by atoms with E-state index in [4.69, 9.17) is 4.74 Å². The minimum absolute atomic E-state index is 0.307. The normalized spacial score (nSPS) is 13.3. The molecule has 0 bridgehead atoms. The molecule has 0 saturated carbocycles. The van der Waals surface area contributed by atoms with Crippen LogP contribution in [0.5, 0.6) is 11.5 Å². The van der Waals surface area contributed by atoms with Crippen LogP contribution in [0.2, 0.25) is 0 Å². The van der Waals surface area contributed by atoms with Gasteiger partial charge in [-0.15, -0.1) is 0 Å². The molecule has 2 aliphatic heterocycles. The average molecular weight is 709 g/mol. The Morgan fingerprint density at radius 3 is 1.69 bits per heavy atom. The van der Waals surface area contributed by atoms with E-state index in [9.17, 15) is 0 Å². The lowest BCUT2D eigenvalue weighted by atomic mass is 9.72. The Hall–Kier alpha value is -6.84. The molecule has 0 radical (unpaired) electrons. The zero-order chi connectivity index (χ0) is 37.1. The maximum absolute atomic E-state index is 7.19. The molecule has 8 aromatic rings. The summed E-state index contributed by atoms with van der Waals surface area (Å²) in [6.07, 6.45) is 0. The van der Waals surface area contributed by atoms with Crippen LogP contribution in [0.15, 0.2) is 188 Å². The Kier molecular flexibility index (Phi) is 7.71. The SMILES string of the molecule is Cc1cccc2c1N1c3ccc(-c4ccccc4)cc3C(C)(C)c3ccc(N(c4ccc(-c5ccccc5)cc4)c4cccc(-c5ccccc5)c4)c(c31)O2. The summed E-state index contributed by atoms with van der Waals surface area (Å²) in [6, 6.07) is 67.5. The molecule has 2 heterocycles. The third-order valence-corrected chi connectivity index (χ3v) is 11.3. The topological polar surface area (TPSA) is 15.7 Å². The van der Waals surface area contributed by atoms with Gasteiger partial charge in [0.2, 0.25) is 0 Å². The van der Waals surface area contributed by atoms with Crippen molar-refractivity contribution >= 4 is 34.1 Å². The minimum atomic E-state index is -0.307. The van der Waals surface area contributed by atoms with E-state index in [2.05, 4.69) is 219 Å². The van der Waals surface area contributed by atoms with Gasteiger partial charge in [-0.25, -0.2) is 0 Å². The maximum atomic E-state index is 7.19. The smallest absolute Gasteiger partial charge is 0.175 e. The van der Waals surface area contributed by atoms with E-state index >= 15 is 0 Å². The number of benzene rings is 8. The van der Waals surface area contributed by atoms with E-state index in [1.807, 2.05) is 0 Å². The molecule has 3 heteroatoms. The van der Waals surface area contributed by atoms with Crippen molar-refractivity contribution in [1.82, 2.24) is 0 Å². The third-order valence-electron chi connectivity index (χ3n) is 11.3. The summed E-state index contributed by atoms with van der Waals surface area (Å²) in [4.78, 5) is 4.82. The number of aryl methyl sites for hydroxylation is 1. The molecular weight excluding hydrogens is 669 g/mol. The Bertz CT molecular complexity index is 2700. The highest BCUT2D eigenvalue weighted by molar-refractivity contribution is 5.99. The van der Waals surface area contributed by atoms with Gasteiger partial charge in [0.1, 0.15) is 0 Å². The van der Waals surface area contributed by atoms with E-state index in [1.165, 1.54) is 50.2 Å². The molecule has 55 heavy (non-hydrogen) atoms. The van der Waals surface area contributed by atoms with Crippen molar-refractivity contribution < 1.29 is 4.74 Å². The summed E-state index contributed by atoms with van der Waals surface area (Å²) >= 11 is 0. The molecule has 10 rings (SSSR count). The molecule has 0 saturated heterocycles. The number of fused-ring (bicyclic) bond motifs is 4. The van der Waals surface area contributed by atoms with Crippen LogP contribution in [0.1, 0.15) is 30.5 Å². The van der Waals surface area contributed by atoms with Gasteiger partial charge in [-0.05, 0) is 106 Å². The molecule has 0 fully saturated rings. The van der Waals surface area contributed by atoms with Crippen LogP contribution in [0.3, 0.4) is 0 Å². The number of anilines is 6. The van der Waals surface area contributed by atoms with Gasteiger partial charge in [0.15, 0.2) is 11.5 Å². The van der Waals surface area contributed by atoms with E-state index in [1.54, 1.807) is 0 Å². The monoisotopic (exact) mass is 708 g/mol. The fourth-order valence-corrected chi connectivity index (χ4v) is 8.53. The highest BCUT2D eigenvalue weighted by Crippen LogP contribution is 2.63. The Morgan fingerprint density at radius 1 is 0.455 bits per heavy atom. The van der Waals surface area contributed by atoms with Crippen LogP contribution in [0, 0.1) is 6.92 Å². The maximum Gasteiger partial charge on any atom is 0.175 e. The summed E-state index contributed by atoms with van der Waals surface area (Å²) in [5.41, 5.74) is 17.0. The Morgan fingerprint density at radius 2 is 1.02 bits per heavy atom. The fourth-order valence-electron chi connectivity index (χ4n) is 8.53. The van der Waals surface area contributed by atoms with Crippen LogP contribution >= 0.6 is 0 Å². The van der Waals surface area contributed by atoms with Crippen molar-refractivity contribution in [2.75, 3.05) is 9.80 Å². The molecule has 8 aromatic carbocycles. The zero-order valence-corrected chi connectivity index (χ0v) is 31.2. The van der Waals surface area contributed by atoms with Crippen molar-refractivity contribution in [3.05, 3.63) is 205 Å². The lowest BCUT2D eigenvalue weighted by molar-refractivity contribution is 0.472. The molecule has 0 N–H and O–H groups in total. The second kappa shape index (κ2) is 12.9. The van der Waals surface area contributed by atoms with Gasteiger partial charge in [-0.3, -0.25) is 0 Å². The standard InChI is InChI=1S/C52H40N2O/c1-35-15-13-24-48-49(35)54-46-31-27-41(38-20-11-6-12-21-38)34-45(46)52(2,3)44-30-32-47(51(55-48)50(44)54)53(42-28-25-39(26-29-42)36-16-7-4-8-17-36)43-23-14-22-40(33-43)37-18-9-5-10-19-37/h4-34H,1-3H3. The van der Waals surface area contributed by atoms with Crippen LogP contribution in [0.4, 0.5) is 34.1 Å². The second-order valence-corrected chi connectivity index (χ2v) is 15.1. The largest absolute Gasteiger partial charge is 0.451 e. The van der Waals surface area contributed by atoms with Gasteiger partial charge in [-0.2, -0.15) is 0 Å². The first kappa shape index (κ1) is 32.8. The number of hydrogen-bond acceptors (Lipinski definition) is 3. The molecule has 3 nitrogen and oxygen atoms in total. The number of hydrogen-bond donors (Lipinski definition) is 0. The van der Waals surface area contributed by atoms with Gasteiger partial charge in [0.25, 0.3) is 0 Å². The molecule has 0 aliphatic carbocycles. The van der Waals surface area contributed by atoms with Crippen LogP contribution < -0.4 is 14.5 Å². The Balaban J connectivity index is 1.20. The molecule has 0 spiro atoms. The molecule has 2 aliphatic rings. The number of para-hydroxylation sites is 1. The molecule has 264 valence electrons. The predicted molar refractivity (Wildman–Crippen MR) is 229 cm³/mol. The number of rotatable bonds is 6. The fraction of sp³-hybridized carbons (Fsp3) is 0.0769. The lowest BCUT2D eigenvalue weighted by Crippen LogP contribution is -2.33. The average Bonchev–Trinajstić information content (AvgIpc) is 3.24. The molecular formula is C52H40N2O. The molecule has 0 atom stereocenters. The number of nitrogens with zero attached hydrogens (tertiary/aromatic N) is 2. The van der Waals surface area contributed by atoms with E-state index in [0.717, 1.165) is 45.5 Å². The molecule has 0 unspecified atom stereocenters. The summed E-state index contributed by atoms with van der Waals surface area (Å²) in [5, 5.41) is 0. The predicted octanol–water partition coefficient (Wildman–Crippen LogP) is 14.7. The summed E-state index contributed by atoms with van der Waals surface area (Å²) in [5.74, 6) is 1.69. The van der Waals surface area contributed by atoms with Gasteiger partial charge in [0, 0.05) is 16.8 Å². The van der Waals surface area contributed by atoms with Crippen LogP contribution in [-0.4, -0.2) is 0 Å². The summed E-state index contributed by atoms with van der Waals surface area (Å²) in [7, 11) is 0. The first-order valence-electron chi connectivity index (χ1n) is 19.0. The van der Waals surface area contributed by atoms with Crippen molar-refractivity contribution in [3.8, 4) is 44.9 Å². The van der Waals surface area contributed by atoms with Gasteiger partial charge < -0.3 is 14.5 Å². The quantitative estimate of drug-likeness (QED) is 0.171. The highest BCUT2D eigenvalue weighted by atomic mass is 16.5. The van der Waals surface area contributed by atoms with E-state index in [-0.39, 0.29) is 5.41 Å². The first-order valence-corrected chi connectivity index (χ1v) is 19.0. The van der Waals surface area contributed by atoms with Crippen molar-refractivity contribution in [2.45, 2.75) is 26.2 Å². The Labute approximate surface area is 323 Å². The van der Waals surface area contributed by atoms with Crippen molar-refractivity contribution in [1.29, 1.82) is 0 Å². The lowest BCUT2D eigenvalue weighted by Gasteiger charge is -2.46. The zero-order valence-electron chi connectivity index (χ0n) is 31.2. The second-order valence-electron chi connectivity index (χ2n) is 15.1. The summed E-state index contributed by atoms with van der Waals surface area (Å²) < 4.78 is 7.19. The number of ether oxygens (including phenoxy) is 1.